The number of nitrogens with one attached hydrogen (secondary N) is 1. The molecule has 1 aromatic carbocycles. The fraction of sp³-hybridized carbons (Fsp3) is 0.714. The first-order valence-electron chi connectivity index (χ1n) is 11.0. The van der Waals surface area contributed by atoms with Crippen LogP contribution < -0.4 is 4.72 Å². The van der Waals surface area contributed by atoms with E-state index in [2.05, 4.69) is 38.9 Å². The average molecular weight is 447 g/mol. The van der Waals surface area contributed by atoms with Gasteiger partial charge in [0, 0.05) is 11.5 Å². The van der Waals surface area contributed by atoms with E-state index in [0.29, 0.717) is 12.8 Å². The van der Waals surface area contributed by atoms with Gasteiger partial charge in [-0.05, 0) is 81.5 Å². The molecule has 0 radical (unpaired) electrons. The van der Waals surface area contributed by atoms with E-state index in [0.717, 1.165) is 23.7 Å². The van der Waals surface area contributed by atoms with Crippen LogP contribution in [0.4, 0.5) is 0 Å². The maximum absolute atomic E-state index is 12.9. The quantitative estimate of drug-likeness (QED) is 0.646. The summed E-state index contributed by atoms with van der Waals surface area (Å²) in [6.07, 6.45) is 3.85. The Kier molecular flexibility index (Phi) is 6.07. The van der Waals surface area contributed by atoms with Crippen molar-refractivity contribution in [1.82, 2.24) is 4.72 Å². The lowest BCUT2D eigenvalue weighted by atomic mass is 9.69. The molecule has 26 heavy (non-hydrogen) atoms. The normalized spacial score (nSPS) is 31.2. The molecule has 1 N–H and O–H groups in total. The Morgan fingerprint density at radius 1 is 1.31 bits per heavy atom. The molecule has 148 valence electrons. The molecule has 2 atom stereocenters. The van der Waals surface area contributed by atoms with Gasteiger partial charge in [-0.25, -0.2) is 8.93 Å². The SMILES string of the molecule is CC.[2H]C([2H])([2H])OC1CCC2(CC1)Cc1ccc(Br)cc1C2NS(=O)C(C)(C)C. The van der Waals surface area contributed by atoms with Crippen LogP contribution in [0.2, 0.25) is 0 Å². The van der Waals surface area contributed by atoms with Gasteiger partial charge in [-0.15, -0.1) is 0 Å². The molecule has 1 fully saturated rings. The third-order valence-corrected chi connectivity index (χ3v) is 7.51. The highest BCUT2D eigenvalue weighted by Crippen LogP contribution is 2.55. The second-order valence-electron chi connectivity index (χ2n) is 8.13. The highest BCUT2D eigenvalue weighted by molar-refractivity contribution is 9.10. The van der Waals surface area contributed by atoms with E-state index in [1.807, 2.05) is 34.6 Å². The fourth-order valence-corrected chi connectivity index (χ4v) is 5.35. The van der Waals surface area contributed by atoms with Crippen molar-refractivity contribution in [3.8, 4) is 0 Å². The van der Waals surface area contributed by atoms with Gasteiger partial charge in [-0.2, -0.15) is 0 Å². The number of methoxy groups -OCH3 is 1. The molecular weight excluding hydrogens is 410 g/mol. The Bertz CT molecular complexity index is 726. The van der Waals surface area contributed by atoms with Crippen molar-refractivity contribution in [1.29, 1.82) is 0 Å². The van der Waals surface area contributed by atoms with Gasteiger partial charge in [0.05, 0.1) is 32.0 Å². The Balaban J connectivity index is 0.00000145. The van der Waals surface area contributed by atoms with Crippen LogP contribution in [0.1, 0.15) is 81.6 Å². The summed E-state index contributed by atoms with van der Waals surface area (Å²) < 4.78 is 44.3. The summed E-state index contributed by atoms with van der Waals surface area (Å²) in [5, 5.41) is 0. The Morgan fingerprint density at radius 3 is 2.54 bits per heavy atom. The monoisotopic (exact) mass is 446 g/mol. The smallest absolute Gasteiger partial charge is 0.0976 e. The Morgan fingerprint density at radius 2 is 1.96 bits per heavy atom. The van der Waals surface area contributed by atoms with Gasteiger partial charge in [0.25, 0.3) is 0 Å². The van der Waals surface area contributed by atoms with Crippen LogP contribution in [0, 0.1) is 5.41 Å². The molecule has 0 saturated heterocycles. The molecule has 3 rings (SSSR count). The average Bonchev–Trinajstić information content (AvgIpc) is 2.90. The standard InChI is InChI=1S/C19H28BrNO2S.C2H6/c1-18(2,3)24(22)21-17-16-11-14(20)6-5-13(16)12-19(17)9-7-15(23-4)8-10-19;1-2/h5-6,11,15,17,21H,7-10,12H2,1-4H3;1-2H3/i4D3;. The predicted molar refractivity (Wildman–Crippen MR) is 115 cm³/mol. The molecule has 2 unspecified atom stereocenters. The number of rotatable bonds is 3. The van der Waals surface area contributed by atoms with E-state index < -0.39 is 18.0 Å². The molecule has 0 amide bonds. The topological polar surface area (TPSA) is 38.3 Å². The first-order chi connectivity index (χ1) is 13.4. The van der Waals surface area contributed by atoms with Crippen molar-refractivity contribution < 1.29 is 13.1 Å². The van der Waals surface area contributed by atoms with E-state index in [4.69, 9.17) is 8.85 Å². The molecule has 0 bridgehead atoms. The molecule has 1 spiro atoms. The van der Waals surface area contributed by atoms with Crippen molar-refractivity contribution >= 4 is 26.9 Å². The minimum atomic E-state index is -2.34. The zero-order valence-electron chi connectivity index (χ0n) is 19.5. The van der Waals surface area contributed by atoms with Gasteiger partial charge >= 0.3 is 0 Å². The number of ether oxygens (including phenoxy) is 1. The van der Waals surface area contributed by atoms with E-state index in [1.165, 1.54) is 11.1 Å². The summed E-state index contributed by atoms with van der Waals surface area (Å²) in [6.45, 7) is 9.92. The van der Waals surface area contributed by atoms with Crippen LogP contribution in [0.25, 0.3) is 0 Å². The molecule has 1 aromatic rings. The number of halogens is 1. The van der Waals surface area contributed by atoms with E-state index in [9.17, 15) is 4.21 Å². The first-order valence-corrected chi connectivity index (χ1v) is 11.5. The molecule has 2 aliphatic rings. The number of fused-ring (bicyclic) bond motifs is 1. The van der Waals surface area contributed by atoms with Crippen molar-refractivity contribution in [3.05, 3.63) is 33.8 Å². The zero-order chi connectivity index (χ0) is 22.0. The van der Waals surface area contributed by atoms with Crippen molar-refractivity contribution in [2.45, 2.75) is 83.6 Å². The molecule has 1 saturated carbocycles. The minimum Gasteiger partial charge on any atom is -0.381 e. The third-order valence-electron chi connectivity index (χ3n) is 5.45. The van der Waals surface area contributed by atoms with Crippen molar-refractivity contribution in [2.75, 3.05) is 7.04 Å². The maximum Gasteiger partial charge on any atom is 0.0976 e. The summed E-state index contributed by atoms with van der Waals surface area (Å²) in [5.74, 6) is 0. The maximum atomic E-state index is 12.9. The molecule has 0 aromatic heterocycles. The molecule has 0 heterocycles. The fourth-order valence-electron chi connectivity index (χ4n) is 4.03. The summed E-state index contributed by atoms with van der Waals surface area (Å²) in [6, 6.07) is 6.33. The van der Waals surface area contributed by atoms with Gasteiger partial charge in [0.15, 0.2) is 0 Å². The molecule has 2 aliphatic carbocycles. The van der Waals surface area contributed by atoms with Gasteiger partial charge < -0.3 is 4.74 Å². The minimum absolute atomic E-state index is 0.00114. The number of hydrogen-bond donors (Lipinski definition) is 1. The largest absolute Gasteiger partial charge is 0.381 e. The second-order valence-corrected chi connectivity index (χ2v) is 11.0. The van der Waals surface area contributed by atoms with E-state index in [-0.39, 0.29) is 22.3 Å². The molecule has 3 nitrogen and oxygen atoms in total. The molecular formula is C21H34BrNO2S. The zero-order valence-corrected chi connectivity index (χ0v) is 18.9. The lowest BCUT2D eigenvalue weighted by molar-refractivity contribution is 0.0188. The van der Waals surface area contributed by atoms with Crippen LogP contribution >= 0.6 is 15.9 Å². The van der Waals surface area contributed by atoms with Crippen molar-refractivity contribution in [3.63, 3.8) is 0 Å². The van der Waals surface area contributed by atoms with Crippen LogP contribution in [0.5, 0.6) is 0 Å². The first kappa shape index (κ1) is 17.8. The summed E-state index contributed by atoms with van der Waals surface area (Å²) >= 11 is 3.57. The number of benzene rings is 1. The van der Waals surface area contributed by atoms with Gasteiger partial charge in [0.1, 0.15) is 0 Å². The summed E-state index contributed by atoms with van der Waals surface area (Å²) in [5.41, 5.74) is 2.45. The second kappa shape index (κ2) is 8.85. The lowest BCUT2D eigenvalue weighted by Gasteiger charge is -2.42. The van der Waals surface area contributed by atoms with Crippen LogP contribution in [0.3, 0.4) is 0 Å². The highest BCUT2D eigenvalue weighted by atomic mass is 79.9. The summed E-state index contributed by atoms with van der Waals surface area (Å²) in [7, 11) is -3.52. The van der Waals surface area contributed by atoms with Crippen LogP contribution in [0.15, 0.2) is 22.7 Å². The Hall–Kier alpha value is -0.230. The van der Waals surface area contributed by atoms with E-state index in [1.54, 1.807) is 0 Å². The van der Waals surface area contributed by atoms with Crippen LogP contribution in [-0.2, 0) is 22.1 Å². The van der Waals surface area contributed by atoms with Crippen molar-refractivity contribution in [2.24, 2.45) is 5.41 Å². The van der Waals surface area contributed by atoms with Gasteiger partial charge in [-0.3, -0.25) is 0 Å². The van der Waals surface area contributed by atoms with Gasteiger partial charge in [0.2, 0.25) is 0 Å². The van der Waals surface area contributed by atoms with Gasteiger partial charge in [-0.1, -0.05) is 35.8 Å². The highest BCUT2D eigenvalue weighted by Gasteiger charge is 2.49. The third kappa shape index (κ3) is 4.60. The summed E-state index contributed by atoms with van der Waals surface area (Å²) in [4.78, 5) is 0. The Labute approximate surface area is 174 Å². The molecule has 0 aliphatic heterocycles. The van der Waals surface area contributed by atoms with E-state index >= 15 is 0 Å². The number of hydrogen-bond acceptors (Lipinski definition) is 2. The lowest BCUT2D eigenvalue weighted by Crippen LogP contribution is -2.44. The molecule has 5 heteroatoms. The predicted octanol–water partition coefficient (Wildman–Crippen LogP) is 5.70. The van der Waals surface area contributed by atoms with Crippen LogP contribution in [-0.4, -0.2) is 22.1 Å².